The van der Waals surface area contributed by atoms with Gasteiger partial charge in [0, 0.05) is 38.3 Å². The van der Waals surface area contributed by atoms with Gasteiger partial charge in [-0.2, -0.15) is 13.2 Å². The van der Waals surface area contributed by atoms with Gasteiger partial charge in [-0.15, -0.1) is 0 Å². The van der Waals surface area contributed by atoms with Crippen molar-refractivity contribution >= 4 is 0 Å². The topological polar surface area (TPSA) is 35.9 Å². The Hall–Kier alpha value is -1.47. The van der Waals surface area contributed by atoms with E-state index in [0.29, 0.717) is 38.5 Å². The summed E-state index contributed by atoms with van der Waals surface area (Å²) in [7, 11) is 1.48. The van der Waals surface area contributed by atoms with E-state index in [9.17, 15) is 18.3 Å². The minimum Gasteiger partial charge on any atom is -0.504 e. The Morgan fingerprint density at radius 1 is 1.14 bits per heavy atom. The lowest BCUT2D eigenvalue weighted by Crippen LogP contribution is -2.48. The van der Waals surface area contributed by atoms with E-state index >= 15 is 0 Å². The van der Waals surface area contributed by atoms with Gasteiger partial charge in [0.2, 0.25) is 0 Å². The predicted molar refractivity (Wildman–Crippen MR) is 72.4 cm³/mol. The highest BCUT2D eigenvalue weighted by molar-refractivity contribution is 5.45. The number of aromatic hydroxyl groups is 1. The zero-order valence-corrected chi connectivity index (χ0v) is 11.9. The quantitative estimate of drug-likeness (QED) is 0.924. The molecule has 0 aromatic heterocycles. The van der Waals surface area contributed by atoms with E-state index < -0.39 is 12.7 Å². The second-order valence-corrected chi connectivity index (χ2v) is 5.14. The highest BCUT2D eigenvalue weighted by Gasteiger charge is 2.32. The number of hydrogen-bond donors (Lipinski definition) is 1. The number of para-hydroxylation sites is 1. The Kier molecular flexibility index (Phi) is 4.95. The van der Waals surface area contributed by atoms with Crippen LogP contribution in [0.15, 0.2) is 18.2 Å². The average Bonchev–Trinajstić information content (AvgIpc) is 2.42. The molecule has 1 aromatic rings. The van der Waals surface area contributed by atoms with Crippen LogP contribution in [0.5, 0.6) is 11.5 Å². The Bertz CT molecular complexity index is 472. The maximum atomic E-state index is 12.3. The summed E-state index contributed by atoms with van der Waals surface area (Å²) in [4.78, 5) is 3.43. The van der Waals surface area contributed by atoms with Crippen molar-refractivity contribution in [2.24, 2.45) is 0 Å². The zero-order valence-electron chi connectivity index (χ0n) is 11.9. The summed E-state index contributed by atoms with van der Waals surface area (Å²) in [6, 6.07) is 5.24. The smallest absolute Gasteiger partial charge is 0.401 e. The average molecular weight is 304 g/mol. The number of ether oxygens (including phenoxy) is 1. The van der Waals surface area contributed by atoms with Crippen molar-refractivity contribution in [3.63, 3.8) is 0 Å². The Morgan fingerprint density at radius 3 is 2.33 bits per heavy atom. The van der Waals surface area contributed by atoms with Gasteiger partial charge in [0.05, 0.1) is 13.7 Å². The van der Waals surface area contributed by atoms with Gasteiger partial charge < -0.3 is 9.84 Å². The van der Waals surface area contributed by atoms with E-state index in [0.717, 1.165) is 5.56 Å². The van der Waals surface area contributed by atoms with Gasteiger partial charge in [0.25, 0.3) is 0 Å². The molecular weight excluding hydrogens is 285 g/mol. The first-order valence-electron chi connectivity index (χ1n) is 6.75. The van der Waals surface area contributed by atoms with Crippen molar-refractivity contribution in [2.45, 2.75) is 12.7 Å². The van der Waals surface area contributed by atoms with Crippen molar-refractivity contribution in [3.8, 4) is 11.5 Å². The van der Waals surface area contributed by atoms with Crippen LogP contribution in [0.25, 0.3) is 0 Å². The van der Waals surface area contributed by atoms with Crippen LogP contribution in [-0.4, -0.2) is 60.9 Å². The lowest BCUT2D eigenvalue weighted by atomic mass is 10.1. The second kappa shape index (κ2) is 6.53. The van der Waals surface area contributed by atoms with Gasteiger partial charge in [-0.25, -0.2) is 0 Å². The van der Waals surface area contributed by atoms with E-state index in [4.69, 9.17) is 4.74 Å². The van der Waals surface area contributed by atoms with Gasteiger partial charge in [-0.3, -0.25) is 9.80 Å². The molecule has 21 heavy (non-hydrogen) atoms. The highest BCUT2D eigenvalue weighted by Crippen LogP contribution is 2.30. The Labute approximate surface area is 121 Å². The molecule has 1 N–H and O–H groups in total. The molecule has 0 atom stereocenters. The summed E-state index contributed by atoms with van der Waals surface area (Å²) in [6.45, 7) is 1.50. The molecule has 7 heteroatoms. The van der Waals surface area contributed by atoms with E-state index in [-0.39, 0.29) is 5.75 Å². The number of halogens is 3. The van der Waals surface area contributed by atoms with Crippen LogP contribution in [0, 0.1) is 0 Å². The Morgan fingerprint density at radius 2 is 1.76 bits per heavy atom. The van der Waals surface area contributed by atoms with Crippen LogP contribution >= 0.6 is 0 Å². The number of phenolic OH excluding ortho intramolecular Hbond substituents is 1. The number of alkyl halides is 3. The predicted octanol–water partition coefficient (Wildman–Crippen LogP) is 2.08. The first kappa shape index (κ1) is 15.9. The number of phenols is 1. The largest absolute Gasteiger partial charge is 0.504 e. The molecule has 0 saturated carbocycles. The van der Waals surface area contributed by atoms with Crippen LogP contribution < -0.4 is 4.74 Å². The molecule has 1 fully saturated rings. The highest BCUT2D eigenvalue weighted by atomic mass is 19.4. The van der Waals surface area contributed by atoms with Crippen LogP contribution in [0.2, 0.25) is 0 Å². The summed E-state index contributed by atoms with van der Waals surface area (Å²) in [6.07, 6.45) is -4.15. The van der Waals surface area contributed by atoms with Crippen molar-refractivity contribution in [1.29, 1.82) is 0 Å². The van der Waals surface area contributed by atoms with Crippen LogP contribution in [0.1, 0.15) is 5.56 Å². The standard InChI is InChI=1S/C14H19F3N2O2/c1-21-12-4-2-3-11(13(12)20)9-18-5-7-19(8-6-18)10-14(15,16)17/h2-4,20H,5-10H2,1H3. The molecule has 1 heterocycles. The molecule has 1 aliphatic rings. The van der Waals surface area contributed by atoms with Gasteiger partial charge in [-0.05, 0) is 6.07 Å². The van der Waals surface area contributed by atoms with E-state index in [1.807, 2.05) is 4.90 Å². The first-order valence-corrected chi connectivity index (χ1v) is 6.75. The number of benzene rings is 1. The fourth-order valence-electron chi connectivity index (χ4n) is 2.46. The third kappa shape index (κ3) is 4.50. The number of hydrogen-bond acceptors (Lipinski definition) is 4. The number of piperazine rings is 1. The monoisotopic (exact) mass is 304 g/mol. The lowest BCUT2D eigenvalue weighted by Gasteiger charge is -2.35. The molecule has 4 nitrogen and oxygen atoms in total. The molecule has 0 spiro atoms. The van der Waals surface area contributed by atoms with Crippen LogP contribution in [0.4, 0.5) is 13.2 Å². The molecule has 1 aromatic carbocycles. The normalized spacial score (nSPS) is 17.9. The summed E-state index contributed by atoms with van der Waals surface area (Å²) < 4.78 is 42.0. The van der Waals surface area contributed by atoms with E-state index in [1.165, 1.54) is 12.0 Å². The van der Waals surface area contributed by atoms with Crippen molar-refractivity contribution in [3.05, 3.63) is 23.8 Å². The van der Waals surface area contributed by atoms with Crippen molar-refractivity contribution in [2.75, 3.05) is 39.8 Å². The number of rotatable bonds is 4. The van der Waals surface area contributed by atoms with E-state index in [2.05, 4.69) is 0 Å². The Balaban J connectivity index is 1.89. The maximum Gasteiger partial charge on any atom is 0.401 e. The molecule has 0 amide bonds. The molecule has 1 aliphatic heterocycles. The van der Waals surface area contributed by atoms with Gasteiger partial charge >= 0.3 is 6.18 Å². The minimum atomic E-state index is -4.15. The molecule has 0 unspecified atom stereocenters. The lowest BCUT2D eigenvalue weighted by molar-refractivity contribution is -0.149. The van der Waals surface area contributed by atoms with Crippen molar-refractivity contribution < 1.29 is 23.0 Å². The number of nitrogens with zero attached hydrogens (tertiary/aromatic N) is 2. The molecule has 118 valence electrons. The fourth-order valence-corrected chi connectivity index (χ4v) is 2.46. The molecule has 0 radical (unpaired) electrons. The summed E-state index contributed by atoms with van der Waals surface area (Å²) >= 11 is 0. The molecule has 2 rings (SSSR count). The molecule has 1 saturated heterocycles. The van der Waals surface area contributed by atoms with Gasteiger partial charge in [0.15, 0.2) is 11.5 Å². The van der Waals surface area contributed by atoms with Gasteiger partial charge in [0.1, 0.15) is 0 Å². The summed E-state index contributed by atoms with van der Waals surface area (Å²) in [5.41, 5.74) is 0.721. The summed E-state index contributed by atoms with van der Waals surface area (Å²) in [5.74, 6) is 0.501. The van der Waals surface area contributed by atoms with Gasteiger partial charge in [-0.1, -0.05) is 12.1 Å². The first-order chi connectivity index (χ1) is 9.89. The third-order valence-electron chi connectivity index (χ3n) is 3.56. The zero-order chi connectivity index (χ0) is 15.5. The number of methoxy groups -OCH3 is 1. The third-order valence-corrected chi connectivity index (χ3v) is 3.56. The maximum absolute atomic E-state index is 12.3. The molecular formula is C14H19F3N2O2. The van der Waals surface area contributed by atoms with Crippen LogP contribution in [-0.2, 0) is 6.54 Å². The minimum absolute atomic E-state index is 0.0951. The molecule has 0 aliphatic carbocycles. The second-order valence-electron chi connectivity index (χ2n) is 5.14. The molecule has 0 bridgehead atoms. The fraction of sp³-hybridized carbons (Fsp3) is 0.571. The van der Waals surface area contributed by atoms with E-state index in [1.54, 1.807) is 18.2 Å². The van der Waals surface area contributed by atoms with Crippen LogP contribution in [0.3, 0.4) is 0 Å². The summed E-state index contributed by atoms with van der Waals surface area (Å²) in [5, 5.41) is 10.0. The van der Waals surface area contributed by atoms with Crippen molar-refractivity contribution in [1.82, 2.24) is 9.80 Å². The SMILES string of the molecule is COc1cccc(CN2CCN(CC(F)(F)F)CC2)c1O.